The van der Waals surface area contributed by atoms with Crippen LogP contribution in [-0.2, 0) is 16.6 Å². The Morgan fingerprint density at radius 3 is 2.71 bits per heavy atom. The minimum absolute atomic E-state index is 0.0542. The van der Waals surface area contributed by atoms with Crippen molar-refractivity contribution in [3.8, 4) is 11.5 Å². The van der Waals surface area contributed by atoms with E-state index in [2.05, 4.69) is 15.1 Å². The quantitative estimate of drug-likeness (QED) is 0.338. The number of pyridine rings is 1. The van der Waals surface area contributed by atoms with E-state index in [-0.39, 0.29) is 10.9 Å². The smallest absolute Gasteiger partial charge is 0.241 e. The lowest BCUT2D eigenvalue weighted by atomic mass is 10.1. The molecule has 1 N–H and O–H groups in total. The van der Waals surface area contributed by atoms with E-state index >= 15 is 0 Å². The molecule has 0 spiro atoms. The molecular weight excluding hydrogens is 420 g/mol. The summed E-state index contributed by atoms with van der Waals surface area (Å²) in [5, 5.41) is 11.9. The van der Waals surface area contributed by atoms with Gasteiger partial charge in [0.15, 0.2) is 0 Å². The molecule has 9 nitrogen and oxygen atoms in total. The first-order valence-corrected chi connectivity index (χ1v) is 10.8. The first kappa shape index (κ1) is 22.4. The SMILES string of the molecule is COc1ccc2c(c1)nc(S(=O)Cc1ncc(C)c(OC)c1C)n2C(=O)C(C)/C=N/O. The van der Waals surface area contributed by atoms with E-state index in [0.29, 0.717) is 28.2 Å². The van der Waals surface area contributed by atoms with E-state index in [9.17, 15) is 9.00 Å². The second-order valence-corrected chi connectivity index (χ2v) is 8.36. The maximum absolute atomic E-state index is 13.4. The summed E-state index contributed by atoms with van der Waals surface area (Å²) < 4.78 is 25.3. The molecule has 3 rings (SSSR count). The summed E-state index contributed by atoms with van der Waals surface area (Å²) in [6.45, 7) is 5.32. The van der Waals surface area contributed by atoms with Gasteiger partial charge in [0.25, 0.3) is 0 Å². The van der Waals surface area contributed by atoms with Crippen molar-refractivity contribution in [3.05, 3.63) is 41.2 Å². The number of oxime groups is 1. The number of aromatic nitrogens is 3. The predicted octanol–water partition coefficient (Wildman–Crippen LogP) is 3.11. The Labute approximate surface area is 182 Å². The van der Waals surface area contributed by atoms with Crippen molar-refractivity contribution in [1.82, 2.24) is 14.5 Å². The first-order valence-electron chi connectivity index (χ1n) is 9.48. The normalized spacial score (nSPS) is 13.5. The van der Waals surface area contributed by atoms with Crippen LogP contribution in [-0.4, -0.2) is 50.3 Å². The molecule has 31 heavy (non-hydrogen) atoms. The zero-order valence-electron chi connectivity index (χ0n) is 17.9. The van der Waals surface area contributed by atoms with Gasteiger partial charge in [-0.2, -0.15) is 0 Å². The van der Waals surface area contributed by atoms with Gasteiger partial charge in [-0.3, -0.25) is 18.6 Å². The molecule has 1 aromatic carbocycles. The van der Waals surface area contributed by atoms with Crippen LogP contribution in [0.25, 0.3) is 11.0 Å². The van der Waals surface area contributed by atoms with Crippen LogP contribution >= 0.6 is 0 Å². The summed E-state index contributed by atoms with van der Waals surface area (Å²) in [5.41, 5.74) is 3.21. The molecule has 0 fully saturated rings. The van der Waals surface area contributed by atoms with Crippen LogP contribution in [0.2, 0.25) is 0 Å². The molecular formula is C21H24N4O5S. The highest BCUT2D eigenvalue weighted by atomic mass is 32.2. The van der Waals surface area contributed by atoms with Crippen LogP contribution < -0.4 is 9.47 Å². The Bertz CT molecular complexity index is 1190. The summed E-state index contributed by atoms with van der Waals surface area (Å²) in [4.78, 5) is 21.9. The Kier molecular flexibility index (Phi) is 6.69. The van der Waals surface area contributed by atoms with Gasteiger partial charge in [-0.25, -0.2) is 4.98 Å². The molecule has 164 valence electrons. The highest BCUT2D eigenvalue weighted by Crippen LogP contribution is 2.28. The highest BCUT2D eigenvalue weighted by molar-refractivity contribution is 7.84. The number of rotatable bonds is 7. The molecule has 0 bridgehead atoms. The number of ether oxygens (including phenoxy) is 2. The molecule has 10 heteroatoms. The van der Waals surface area contributed by atoms with Gasteiger partial charge >= 0.3 is 0 Å². The average Bonchev–Trinajstić information content (AvgIpc) is 3.14. The van der Waals surface area contributed by atoms with Crippen LogP contribution in [0.3, 0.4) is 0 Å². The van der Waals surface area contributed by atoms with Crippen LogP contribution in [0.1, 0.15) is 28.5 Å². The lowest BCUT2D eigenvalue weighted by Crippen LogP contribution is -2.23. The summed E-state index contributed by atoms with van der Waals surface area (Å²) in [6.07, 6.45) is 2.78. The van der Waals surface area contributed by atoms with Gasteiger partial charge in [-0.05, 0) is 32.9 Å². The van der Waals surface area contributed by atoms with Crippen molar-refractivity contribution < 1.29 is 23.7 Å². The lowest BCUT2D eigenvalue weighted by molar-refractivity contribution is 0.0874. The summed E-state index contributed by atoms with van der Waals surface area (Å²) in [7, 11) is 1.41. The van der Waals surface area contributed by atoms with E-state index in [1.807, 2.05) is 13.8 Å². The molecule has 2 aromatic heterocycles. The predicted molar refractivity (Wildman–Crippen MR) is 117 cm³/mol. The van der Waals surface area contributed by atoms with Gasteiger partial charge < -0.3 is 14.7 Å². The van der Waals surface area contributed by atoms with Crippen molar-refractivity contribution in [2.45, 2.75) is 31.7 Å². The maximum atomic E-state index is 13.4. The van der Waals surface area contributed by atoms with Crippen LogP contribution in [0.4, 0.5) is 0 Å². The molecule has 0 aliphatic carbocycles. The fourth-order valence-electron chi connectivity index (χ4n) is 3.30. The molecule has 3 aromatic rings. The van der Waals surface area contributed by atoms with E-state index < -0.39 is 22.6 Å². The summed E-state index contributed by atoms with van der Waals surface area (Å²) in [6, 6.07) is 5.05. The van der Waals surface area contributed by atoms with Crippen molar-refractivity contribution in [1.29, 1.82) is 0 Å². The van der Waals surface area contributed by atoms with Crippen molar-refractivity contribution in [2.24, 2.45) is 11.1 Å². The molecule has 0 saturated heterocycles. The first-order chi connectivity index (χ1) is 14.8. The molecule has 2 heterocycles. The average molecular weight is 445 g/mol. The number of benzene rings is 1. The minimum atomic E-state index is -1.69. The monoisotopic (exact) mass is 444 g/mol. The number of carbonyl (C=O) groups is 1. The molecule has 0 saturated carbocycles. The summed E-state index contributed by atoms with van der Waals surface area (Å²) >= 11 is 0. The topological polar surface area (TPSA) is 116 Å². The van der Waals surface area contributed by atoms with Crippen molar-refractivity contribution in [3.63, 3.8) is 0 Å². The fraction of sp³-hybridized carbons (Fsp3) is 0.333. The molecule has 0 aliphatic rings. The van der Waals surface area contributed by atoms with E-state index in [1.165, 1.54) is 11.7 Å². The fourth-order valence-corrected chi connectivity index (χ4v) is 4.56. The molecule has 2 unspecified atom stereocenters. The Balaban J connectivity index is 2.11. The van der Waals surface area contributed by atoms with Crippen LogP contribution in [0, 0.1) is 19.8 Å². The Morgan fingerprint density at radius 2 is 2.06 bits per heavy atom. The molecule has 0 aliphatic heterocycles. The highest BCUT2D eigenvalue weighted by Gasteiger charge is 2.26. The second-order valence-electron chi connectivity index (χ2n) is 7.01. The Hall–Kier alpha value is -3.27. The number of carbonyl (C=O) groups excluding carboxylic acids is 1. The third-order valence-electron chi connectivity index (χ3n) is 4.95. The summed E-state index contributed by atoms with van der Waals surface area (Å²) in [5.74, 6) is 0.134. The van der Waals surface area contributed by atoms with Gasteiger partial charge in [0, 0.05) is 23.4 Å². The van der Waals surface area contributed by atoms with Gasteiger partial charge in [0.1, 0.15) is 11.5 Å². The standard InChI is InChI=1S/C21H24N4O5S/c1-12-9-22-17(14(3)19(12)30-5)11-31(28)21-24-16-8-15(29-4)6-7-18(16)25(21)20(26)13(2)10-23-27/h6-10,13,27H,11H2,1-5H3/b23-10+. The number of hydrogen-bond acceptors (Lipinski definition) is 8. The van der Waals surface area contributed by atoms with E-state index in [1.54, 1.807) is 38.4 Å². The lowest BCUT2D eigenvalue weighted by Gasteiger charge is -2.13. The second kappa shape index (κ2) is 9.25. The van der Waals surface area contributed by atoms with Gasteiger partial charge in [-0.15, -0.1) is 5.16 Å². The number of hydrogen-bond donors (Lipinski definition) is 1. The van der Waals surface area contributed by atoms with Crippen LogP contribution in [0.15, 0.2) is 34.7 Å². The number of fused-ring (bicyclic) bond motifs is 1. The van der Waals surface area contributed by atoms with Crippen molar-refractivity contribution >= 4 is 34.0 Å². The van der Waals surface area contributed by atoms with Gasteiger partial charge in [-0.1, -0.05) is 0 Å². The third kappa shape index (κ3) is 4.29. The zero-order chi connectivity index (χ0) is 22.7. The minimum Gasteiger partial charge on any atom is -0.497 e. The molecule has 0 radical (unpaired) electrons. The van der Waals surface area contributed by atoms with Gasteiger partial charge in [0.2, 0.25) is 11.1 Å². The number of methoxy groups -OCH3 is 2. The molecule has 0 amide bonds. The Morgan fingerprint density at radius 1 is 1.32 bits per heavy atom. The number of nitrogens with zero attached hydrogens (tertiary/aromatic N) is 4. The number of imidazole rings is 1. The van der Waals surface area contributed by atoms with E-state index in [4.69, 9.17) is 14.7 Å². The molecule has 2 atom stereocenters. The third-order valence-corrected chi connectivity index (χ3v) is 6.17. The van der Waals surface area contributed by atoms with Crippen LogP contribution in [0.5, 0.6) is 11.5 Å². The number of aryl methyl sites for hydroxylation is 1. The van der Waals surface area contributed by atoms with E-state index in [0.717, 1.165) is 17.3 Å². The largest absolute Gasteiger partial charge is 0.497 e. The zero-order valence-corrected chi connectivity index (χ0v) is 18.8. The van der Waals surface area contributed by atoms with Crippen molar-refractivity contribution in [2.75, 3.05) is 14.2 Å². The van der Waals surface area contributed by atoms with Gasteiger partial charge in [0.05, 0.1) is 59.6 Å². The maximum Gasteiger partial charge on any atom is 0.241 e.